The molecule has 0 saturated heterocycles. The molecular formula is C20H23N3O2. The van der Waals surface area contributed by atoms with Crippen LogP contribution in [0, 0.1) is 23.2 Å². The SMILES string of the molecule is N#CC1CCC(CNC(=O)N[C@@H](c2ccccc2)c2ccco2)CC1. The van der Waals surface area contributed by atoms with Crippen molar-refractivity contribution in [2.24, 2.45) is 11.8 Å². The number of urea groups is 1. The predicted molar refractivity (Wildman–Crippen MR) is 94.6 cm³/mol. The summed E-state index contributed by atoms with van der Waals surface area (Å²) in [5.41, 5.74) is 0.974. The third-order valence-electron chi connectivity index (χ3n) is 4.82. The highest BCUT2D eigenvalue weighted by Gasteiger charge is 2.23. The van der Waals surface area contributed by atoms with Crippen molar-refractivity contribution in [3.8, 4) is 6.07 Å². The Morgan fingerprint density at radius 1 is 1.16 bits per heavy atom. The van der Waals surface area contributed by atoms with Gasteiger partial charge in [0, 0.05) is 12.5 Å². The van der Waals surface area contributed by atoms with Crippen molar-refractivity contribution < 1.29 is 9.21 Å². The van der Waals surface area contributed by atoms with Crippen LogP contribution in [0.4, 0.5) is 4.79 Å². The van der Waals surface area contributed by atoms with E-state index in [1.807, 2.05) is 42.5 Å². The van der Waals surface area contributed by atoms with Crippen molar-refractivity contribution in [1.82, 2.24) is 10.6 Å². The van der Waals surface area contributed by atoms with Gasteiger partial charge in [0.2, 0.25) is 0 Å². The van der Waals surface area contributed by atoms with Crippen molar-refractivity contribution in [2.45, 2.75) is 31.7 Å². The maximum atomic E-state index is 12.4. The van der Waals surface area contributed by atoms with Crippen LogP contribution >= 0.6 is 0 Å². The summed E-state index contributed by atoms with van der Waals surface area (Å²) in [5.74, 6) is 1.34. The molecule has 1 aliphatic rings. The first-order valence-electron chi connectivity index (χ1n) is 8.78. The molecule has 1 aromatic carbocycles. The number of furan rings is 1. The van der Waals surface area contributed by atoms with E-state index in [-0.39, 0.29) is 18.0 Å². The van der Waals surface area contributed by atoms with Gasteiger partial charge in [-0.25, -0.2) is 4.79 Å². The molecule has 5 heteroatoms. The Morgan fingerprint density at radius 3 is 2.56 bits per heavy atom. The van der Waals surface area contributed by atoms with Crippen LogP contribution in [-0.2, 0) is 0 Å². The molecule has 1 aromatic heterocycles. The molecule has 0 radical (unpaired) electrons. The lowest BCUT2D eigenvalue weighted by atomic mass is 9.83. The Hall–Kier alpha value is -2.74. The summed E-state index contributed by atoms with van der Waals surface area (Å²) in [6.45, 7) is 0.643. The topological polar surface area (TPSA) is 78.1 Å². The van der Waals surface area contributed by atoms with E-state index >= 15 is 0 Å². The number of hydrogen-bond acceptors (Lipinski definition) is 3. The Morgan fingerprint density at radius 2 is 1.92 bits per heavy atom. The van der Waals surface area contributed by atoms with E-state index in [2.05, 4.69) is 16.7 Å². The fourth-order valence-electron chi connectivity index (χ4n) is 3.33. The largest absolute Gasteiger partial charge is 0.467 e. The maximum Gasteiger partial charge on any atom is 0.315 e. The number of rotatable bonds is 5. The van der Waals surface area contributed by atoms with E-state index < -0.39 is 0 Å². The van der Waals surface area contributed by atoms with Gasteiger partial charge in [0.25, 0.3) is 0 Å². The van der Waals surface area contributed by atoms with E-state index in [0.29, 0.717) is 18.2 Å². The number of carbonyl (C=O) groups excluding carboxylic acids is 1. The molecule has 130 valence electrons. The molecule has 2 amide bonds. The molecule has 3 rings (SSSR count). The Kier molecular flexibility index (Phi) is 5.73. The second-order valence-corrected chi connectivity index (χ2v) is 6.56. The molecule has 0 unspecified atom stereocenters. The molecule has 1 atom stereocenters. The van der Waals surface area contributed by atoms with Gasteiger partial charge in [-0.3, -0.25) is 0 Å². The van der Waals surface area contributed by atoms with Crippen LogP contribution in [0.3, 0.4) is 0 Å². The second kappa shape index (κ2) is 8.39. The lowest BCUT2D eigenvalue weighted by Crippen LogP contribution is -2.41. The number of amides is 2. The molecule has 25 heavy (non-hydrogen) atoms. The van der Waals surface area contributed by atoms with Gasteiger partial charge in [0.15, 0.2) is 0 Å². The van der Waals surface area contributed by atoms with Crippen molar-refractivity contribution in [3.63, 3.8) is 0 Å². The van der Waals surface area contributed by atoms with Crippen molar-refractivity contribution in [2.75, 3.05) is 6.54 Å². The third-order valence-corrected chi connectivity index (χ3v) is 4.82. The summed E-state index contributed by atoms with van der Waals surface area (Å²) < 4.78 is 5.50. The zero-order valence-corrected chi connectivity index (χ0v) is 14.2. The Balaban J connectivity index is 1.55. The smallest absolute Gasteiger partial charge is 0.315 e. The summed E-state index contributed by atoms with van der Waals surface area (Å²) in [4.78, 5) is 12.4. The molecular weight excluding hydrogens is 314 g/mol. The van der Waals surface area contributed by atoms with Gasteiger partial charge in [0.1, 0.15) is 11.8 Å². The van der Waals surface area contributed by atoms with E-state index in [4.69, 9.17) is 9.68 Å². The number of benzene rings is 1. The van der Waals surface area contributed by atoms with Gasteiger partial charge in [-0.15, -0.1) is 0 Å². The number of carbonyl (C=O) groups is 1. The van der Waals surface area contributed by atoms with Gasteiger partial charge >= 0.3 is 6.03 Å². The minimum atomic E-state index is -0.314. The summed E-state index contributed by atoms with van der Waals surface area (Å²) in [7, 11) is 0. The quantitative estimate of drug-likeness (QED) is 0.865. The first-order valence-corrected chi connectivity index (χ1v) is 8.78. The van der Waals surface area contributed by atoms with Crippen LogP contribution in [-0.4, -0.2) is 12.6 Å². The monoisotopic (exact) mass is 337 g/mol. The molecule has 1 aliphatic carbocycles. The average molecular weight is 337 g/mol. The maximum absolute atomic E-state index is 12.4. The van der Waals surface area contributed by atoms with Gasteiger partial charge in [-0.2, -0.15) is 5.26 Å². The predicted octanol–water partition coefficient (Wildman–Crippen LogP) is 4.00. The summed E-state index contributed by atoms with van der Waals surface area (Å²) >= 11 is 0. The molecule has 0 spiro atoms. The van der Waals surface area contributed by atoms with Gasteiger partial charge in [-0.05, 0) is 49.3 Å². The third kappa shape index (κ3) is 4.63. The molecule has 0 bridgehead atoms. The average Bonchev–Trinajstić information content (AvgIpc) is 3.20. The van der Waals surface area contributed by atoms with E-state index in [0.717, 1.165) is 31.2 Å². The van der Waals surface area contributed by atoms with Gasteiger partial charge < -0.3 is 15.1 Å². The first kappa shape index (κ1) is 17.1. The number of nitrogens with zero attached hydrogens (tertiary/aromatic N) is 1. The lowest BCUT2D eigenvalue weighted by Gasteiger charge is -2.25. The van der Waals surface area contributed by atoms with Crippen LogP contribution in [0.25, 0.3) is 0 Å². The first-order chi connectivity index (χ1) is 12.3. The Bertz CT molecular complexity index is 698. The lowest BCUT2D eigenvalue weighted by molar-refractivity contribution is 0.231. The minimum absolute atomic E-state index is 0.187. The second-order valence-electron chi connectivity index (χ2n) is 6.56. The van der Waals surface area contributed by atoms with Gasteiger partial charge in [0.05, 0.1) is 12.3 Å². The normalized spacial score (nSPS) is 21.1. The van der Waals surface area contributed by atoms with Crippen LogP contribution in [0.2, 0.25) is 0 Å². The van der Waals surface area contributed by atoms with Crippen LogP contribution < -0.4 is 10.6 Å². The summed E-state index contributed by atoms with van der Waals surface area (Å²) in [6, 6.07) is 15.3. The minimum Gasteiger partial charge on any atom is -0.467 e. The highest BCUT2D eigenvalue weighted by atomic mass is 16.3. The molecule has 5 nitrogen and oxygen atoms in total. The standard InChI is InChI=1S/C20H23N3O2/c21-13-15-8-10-16(11-9-15)14-22-20(24)23-19(18-7-4-12-25-18)17-5-2-1-3-6-17/h1-7,12,15-16,19H,8-11,14H2,(H2,22,23,24)/t15?,16?,19-/m0/s1. The van der Waals surface area contributed by atoms with E-state index in [1.165, 1.54) is 0 Å². The molecule has 1 heterocycles. The zero-order valence-electron chi connectivity index (χ0n) is 14.2. The number of nitriles is 1. The highest BCUT2D eigenvalue weighted by molar-refractivity contribution is 5.74. The molecule has 0 aliphatic heterocycles. The van der Waals surface area contributed by atoms with Gasteiger partial charge in [-0.1, -0.05) is 30.3 Å². The van der Waals surface area contributed by atoms with E-state index in [9.17, 15) is 4.79 Å². The molecule has 2 N–H and O–H groups in total. The fourth-order valence-corrected chi connectivity index (χ4v) is 3.33. The van der Waals surface area contributed by atoms with Crippen molar-refractivity contribution in [1.29, 1.82) is 5.26 Å². The van der Waals surface area contributed by atoms with Crippen LogP contribution in [0.1, 0.15) is 43.0 Å². The number of nitrogens with one attached hydrogen (secondary N) is 2. The van der Waals surface area contributed by atoms with E-state index in [1.54, 1.807) is 6.26 Å². The van der Waals surface area contributed by atoms with Crippen molar-refractivity contribution in [3.05, 3.63) is 60.1 Å². The van der Waals surface area contributed by atoms with Crippen LogP contribution in [0.5, 0.6) is 0 Å². The fraction of sp³-hybridized carbons (Fsp3) is 0.400. The van der Waals surface area contributed by atoms with Crippen molar-refractivity contribution >= 4 is 6.03 Å². The summed E-state index contributed by atoms with van der Waals surface area (Å²) in [6.07, 6.45) is 5.48. The number of hydrogen-bond donors (Lipinski definition) is 2. The summed E-state index contributed by atoms with van der Waals surface area (Å²) in [5, 5.41) is 14.9. The zero-order chi connectivity index (χ0) is 17.5. The molecule has 1 fully saturated rings. The van der Waals surface area contributed by atoms with Crippen LogP contribution in [0.15, 0.2) is 53.1 Å². The molecule has 2 aromatic rings. The molecule has 1 saturated carbocycles. The Labute approximate surface area is 148 Å². The highest BCUT2D eigenvalue weighted by Crippen LogP contribution is 2.27.